The fourth-order valence-electron chi connectivity index (χ4n) is 4.93. The number of primary amides is 1. The van der Waals surface area contributed by atoms with E-state index in [9.17, 15) is 18.4 Å². The number of alkyl halides is 2. The molecule has 12 nitrogen and oxygen atoms in total. The number of hydrogen-bond acceptors (Lipinski definition) is 9. The summed E-state index contributed by atoms with van der Waals surface area (Å²) < 4.78 is 40.1. The Hall–Kier alpha value is -5.11. The molecule has 6 rings (SSSR count). The molecular formula is C28H25F2N9O3. The van der Waals surface area contributed by atoms with Crippen LogP contribution in [0.5, 0.6) is 0 Å². The maximum Gasteiger partial charge on any atom is 0.350 e. The van der Waals surface area contributed by atoms with Gasteiger partial charge < -0.3 is 15.1 Å². The predicted octanol–water partition coefficient (Wildman–Crippen LogP) is 2.85. The molecule has 2 N–H and O–H groups in total. The first-order valence-electron chi connectivity index (χ1n) is 13.6. The van der Waals surface area contributed by atoms with Gasteiger partial charge in [0, 0.05) is 39.3 Å². The van der Waals surface area contributed by atoms with Crippen LogP contribution < -0.4 is 5.73 Å². The number of carbonyl (C=O) groups excluding carboxylic acids is 2. The van der Waals surface area contributed by atoms with Crippen LogP contribution >= 0.6 is 0 Å². The molecule has 2 amide bonds. The minimum atomic E-state index is -2.90. The van der Waals surface area contributed by atoms with Crippen LogP contribution in [0.15, 0.2) is 71.3 Å². The molecule has 0 aliphatic carbocycles. The summed E-state index contributed by atoms with van der Waals surface area (Å²) >= 11 is 0. The van der Waals surface area contributed by atoms with Crippen LogP contribution in [0.1, 0.15) is 41.4 Å². The van der Waals surface area contributed by atoms with Crippen molar-refractivity contribution in [3.05, 3.63) is 89.5 Å². The van der Waals surface area contributed by atoms with Gasteiger partial charge in [-0.3, -0.25) is 19.5 Å². The third-order valence-electron chi connectivity index (χ3n) is 6.89. The van der Waals surface area contributed by atoms with E-state index in [-0.39, 0.29) is 28.1 Å². The van der Waals surface area contributed by atoms with Gasteiger partial charge in [0.1, 0.15) is 11.2 Å². The molecule has 0 bridgehead atoms. The zero-order valence-electron chi connectivity index (χ0n) is 23.0. The number of nitrogens with zero attached hydrogens (tertiary/aromatic N) is 8. The Morgan fingerprint density at radius 2 is 1.83 bits per heavy atom. The van der Waals surface area contributed by atoms with Crippen molar-refractivity contribution in [2.24, 2.45) is 5.73 Å². The van der Waals surface area contributed by atoms with Crippen LogP contribution in [0.2, 0.25) is 0 Å². The minimum Gasteiger partial charge on any atom is -0.436 e. The van der Waals surface area contributed by atoms with E-state index in [1.165, 1.54) is 6.20 Å². The lowest BCUT2D eigenvalue weighted by atomic mass is 10.0. The minimum absolute atomic E-state index is 0.152. The Kier molecular flexibility index (Phi) is 7.02. The highest BCUT2D eigenvalue weighted by Crippen LogP contribution is 2.29. The highest BCUT2D eigenvalue weighted by Gasteiger charge is 2.32. The summed E-state index contributed by atoms with van der Waals surface area (Å²) in [5.74, 6) is -0.650. The van der Waals surface area contributed by atoms with E-state index in [1.807, 2.05) is 35.2 Å². The van der Waals surface area contributed by atoms with Crippen LogP contribution in [-0.2, 0) is 11.2 Å². The number of aromatic nitrogens is 6. The molecule has 1 aliphatic heterocycles. The number of pyridine rings is 1. The van der Waals surface area contributed by atoms with Gasteiger partial charge in [-0.15, -0.1) is 10.2 Å². The second kappa shape index (κ2) is 11.4. The maximum absolute atomic E-state index is 13.4. The number of rotatable bonds is 8. The van der Waals surface area contributed by atoms with Crippen molar-refractivity contribution < 1.29 is 24.2 Å². The second-order valence-corrected chi connectivity index (χ2v) is 9.61. The molecule has 0 spiro atoms. The summed E-state index contributed by atoms with van der Waals surface area (Å²) in [5.41, 5.74) is 8.09. The molecule has 3 aromatic heterocycles. The topological polar surface area (TPSA) is 149 Å². The molecule has 1 aliphatic rings. The number of oxazole rings is 1. The van der Waals surface area contributed by atoms with Crippen molar-refractivity contribution in [3.8, 4) is 11.5 Å². The van der Waals surface area contributed by atoms with Crippen molar-refractivity contribution in [1.82, 2.24) is 40.0 Å². The Labute approximate surface area is 239 Å². The van der Waals surface area contributed by atoms with E-state index < -0.39 is 24.9 Å². The van der Waals surface area contributed by atoms with E-state index in [0.29, 0.717) is 48.4 Å². The summed E-state index contributed by atoms with van der Waals surface area (Å²) in [4.78, 5) is 37.6. The van der Waals surface area contributed by atoms with Crippen LogP contribution in [0.3, 0.4) is 0 Å². The number of carbonyl (C=O) groups is 2. The predicted molar refractivity (Wildman–Crippen MR) is 145 cm³/mol. The zero-order chi connectivity index (χ0) is 30.1. The van der Waals surface area contributed by atoms with Gasteiger partial charge in [0.15, 0.2) is 11.4 Å². The Balaban J connectivity index is 1.18. The number of halogens is 2. The Morgan fingerprint density at radius 3 is 2.55 bits per heavy atom. The van der Waals surface area contributed by atoms with E-state index in [1.54, 1.807) is 35.2 Å². The zero-order valence-corrected chi connectivity index (χ0v) is 22.0. The summed E-state index contributed by atoms with van der Waals surface area (Å²) in [6.07, 6.45) is 0.268. The first kappa shape index (κ1) is 25.8. The molecule has 2 aromatic carbocycles. The maximum atomic E-state index is 13.4. The fraction of sp³-hybridized carbons (Fsp3) is 0.250. The summed E-state index contributed by atoms with van der Waals surface area (Å²) in [7, 11) is 0. The van der Waals surface area contributed by atoms with Crippen LogP contribution in [0.4, 0.5) is 8.78 Å². The number of nitrogens with two attached hydrogens (primary N) is 1. The molecule has 2 unspecified atom stereocenters. The molecule has 5 aromatic rings. The number of fused-ring (bicyclic) bond motifs is 1. The Bertz CT molecular complexity index is 1770. The monoisotopic (exact) mass is 574 g/mol. The summed E-state index contributed by atoms with van der Waals surface area (Å²) in [6.45, 7) is -1.32. The van der Waals surface area contributed by atoms with Gasteiger partial charge in [0.2, 0.25) is 11.8 Å². The van der Waals surface area contributed by atoms with Crippen molar-refractivity contribution >= 4 is 22.9 Å². The van der Waals surface area contributed by atoms with Gasteiger partial charge >= 0.3 is 6.55 Å². The number of piperazine rings is 1. The molecule has 1 fully saturated rings. The SMILES string of the molecule is [2H]C(C(N)=O)c1ccc2nc(-c3ccnc(C(=O)N4CCN(C(c5ccccc5)c5nnn(C(F)F)n5)CC4)c3)oc2c1. The molecule has 14 heteroatoms. The normalized spacial score (nSPS) is 16.0. The van der Waals surface area contributed by atoms with Crippen molar-refractivity contribution in [2.75, 3.05) is 26.2 Å². The van der Waals surface area contributed by atoms with Crippen molar-refractivity contribution in [3.63, 3.8) is 0 Å². The van der Waals surface area contributed by atoms with Crippen molar-refractivity contribution in [2.45, 2.75) is 19.0 Å². The molecular weight excluding hydrogens is 548 g/mol. The molecule has 214 valence electrons. The molecule has 0 radical (unpaired) electrons. The number of tetrazole rings is 1. The van der Waals surface area contributed by atoms with Crippen LogP contribution in [0.25, 0.3) is 22.6 Å². The smallest absolute Gasteiger partial charge is 0.350 e. The lowest BCUT2D eigenvalue weighted by molar-refractivity contribution is -0.117. The molecule has 2 atom stereocenters. The number of hydrogen-bond donors (Lipinski definition) is 1. The quantitative estimate of drug-likeness (QED) is 0.295. The van der Waals surface area contributed by atoms with Gasteiger partial charge in [0.25, 0.3) is 5.91 Å². The summed E-state index contributed by atoms with van der Waals surface area (Å²) in [6, 6.07) is 16.8. The van der Waals surface area contributed by atoms with Crippen molar-refractivity contribution in [1.29, 1.82) is 0 Å². The average Bonchev–Trinajstić information content (AvgIpc) is 3.69. The highest BCUT2D eigenvalue weighted by atomic mass is 19.3. The highest BCUT2D eigenvalue weighted by molar-refractivity contribution is 5.93. The summed E-state index contributed by atoms with van der Waals surface area (Å²) in [5, 5.41) is 11.3. The largest absolute Gasteiger partial charge is 0.436 e. The van der Waals surface area contributed by atoms with E-state index in [2.05, 4.69) is 25.4 Å². The Morgan fingerprint density at radius 1 is 1.05 bits per heavy atom. The first-order valence-corrected chi connectivity index (χ1v) is 13.0. The van der Waals surface area contributed by atoms with Gasteiger partial charge in [-0.1, -0.05) is 41.2 Å². The third kappa shape index (κ3) is 5.56. The lowest BCUT2D eigenvalue weighted by Crippen LogP contribution is -2.50. The van der Waals surface area contributed by atoms with Gasteiger partial charge in [0.05, 0.1) is 12.4 Å². The molecule has 42 heavy (non-hydrogen) atoms. The number of benzene rings is 2. The standard InChI is InChI=1S/C28H25F2N9O3/c29-28(30)39-35-25(34-36-39)24(18-4-2-1-3-5-18)37-10-12-38(13-11-37)27(41)21-16-19(8-9-32-21)26-33-20-7-6-17(15-23(31)40)14-22(20)42-26/h1-9,14,16,24,28H,10-13,15H2,(H2,31,40)/i15D. The molecule has 1 saturated heterocycles. The van der Waals surface area contributed by atoms with E-state index >= 15 is 0 Å². The van der Waals surface area contributed by atoms with Gasteiger partial charge in [-0.25, -0.2) is 4.98 Å². The molecule has 4 heterocycles. The first-order chi connectivity index (χ1) is 20.8. The van der Waals surface area contributed by atoms with E-state index in [0.717, 1.165) is 5.56 Å². The van der Waals surface area contributed by atoms with E-state index in [4.69, 9.17) is 11.5 Å². The van der Waals surface area contributed by atoms with Crippen LogP contribution in [-0.4, -0.2) is 78.0 Å². The lowest BCUT2D eigenvalue weighted by Gasteiger charge is -2.38. The fourth-order valence-corrected chi connectivity index (χ4v) is 4.93. The number of amides is 2. The van der Waals surface area contributed by atoms with Gasteiger partial charge in [-0.2, -0.15) is 8.78 Å². The molecule has 0 saturated carbocycles. The van der Waals surface area contributed by atoms with Crippen LogP contribution in [0, 0.1) is 0 Å². The third-order valence-corrected chi connectivity index (χ3v) is 6.89. The average molecular weight is 575 g/mol. The second-order valence-electron chi connectivity index (χ2n) is 9.61. The van der Waals surface area contributed by atoms with Gasteiger partial charge in [-0.05, 0) is 40.6 Å².